The number of halogens is 1. The molecular formula is C14H15IO3. The van der Waals surface area contributed by atoms with Crippen LogP contribution in [-0.4, -0.2) is 25.9 Å². The van der Waals surface area contributed by atoms with E-state index in [4.69, 9.17) is 14.6 Å². The summed E-state index contributed by atoms with van der Waals surface area (Å²) in [6, 6.07) is 7.71. The Morgan fingerprint density at radius 1 is 1.33 bits per heavy atom. The van der Waals surface area contributed by atoms with E-state index in [1.807, 2.05) is 46.9 Å². The Bertz CT molecular complexity index is 450. The number of benzene rings is 1. The van der Waals surface area contributed by atoms with Gasteiger partial charge in [-0.2, -0.15) is 0 Å². The van der Waals surface area contributed by atoms with Crippen molar-refractivity contribution < 1.29 is 14.6 Å². The van der Waals surface area contributed by atoms with Gasteiger partial charge in [0.25, 0.3) is 0 Å². The maximum absolute atomic E-state index is 8.96. The third-order valence-electron chi connectivity index (χ3n) is 2.40. The number of hydrogen-bond donors (Lipinski definition) is 1. The molecular weight excluding hydrogens is 343 g/mol. The summed E-state index contributed by atoms with van der Waals surface area (Å²) in [5.74, 6) is 2.95. The normalized spacial score (nSPS) is 11.3. The molecule has 4 heteroatoms. The lowest BCUT2D eigenvalue weighted by molar-refractivity contribution is -0.106. The topological polar surface area (TPSA) is 38.7 Å². The van der Waals surface area contributed by atoms with Gasteiger partial charge in [0, 0.05) is 47.9 Å². The third-order valence-corrected chi connectivity index (χ3v) is 2.67. The number of rotatable bonds is 5. The van der Waals surface area contributed by atoms with Crippen LogP contribution in [0.2, 0.25) is 0 Å². The lowest BCUT2D eigenvalue weighted by atomic mass is 10.0. The van der Waals surface area contributed by atoms with Crippen LogP contribution in [-0.2, 0) is 9.47 Å². The second-order valence-electron chi connectivity index (χ2n) is 3.45. The van der Waals surface area contributed by atoms with Gasteiger partial charge in [0.2, 0.25) is 0 Å². The minimum atomic E-state index is -0.361. The van der Waals surface area contributed by atoms with Crippen LogP contribution in [0, 0.1) is 9.85 Å². The number of aliphatic hydroxyl groups is 1. The van der Waals surface area contributed by atoms with Crippen LogP contribution in [0.25, 0.3) is 5.57 Å². The van der Waals surface area contributed by atoms with Gasteiger partial charge < -0.3 is 14.6 Å². The lowest BCUT2D eigenvalue weighted by Crippen LogP contribution is -2.03. The molecule has 1 aromatic rings. The molecule has 0 saturated carbocycles. The molecule has 0 aliphatic carbocycles. The van der Waals surface area contributed by atoms with Crippen LogP contribution in [0.5, 0.6) is 0 Å². The molecule has 0 amide bonds. The first-order chi connectivity index (χ1) is 8.76. The predicted octanol–water partition coefficient (Wildman–Crippen LogP) is 2.75. The molecule has 0 aliphatic heterocycles. The van der Waals surface area contributed by atoms with Crippen LogP contribution >= 0.6 is 22.6 Å². The maximum Gasteiger partial charge on any atom is 0.183 e. The molecule has 1 N–H and O–H groups in total. The van der Waals surface area contributed by atoms with Gasteiger partial charge in [0.05, 0.1) is 6.61 Å². The highest BCUT2D eigenvalue weighted by Gasteiger charge is 2.08. The Labute approximate surface area is 121 Å². The first-order valence-electron chi connectivity index (χ1n) is 5.35. The van der Waals surface area contributed by atoms with E-state index in [1.54, 1.807) is 20.3 Å². The Morgan fingerprint density at radius 3 is 2.39 bits per heavy atom. The van der Waals surface area contributed by atoms with E-state index in [-0.39, 0.29) is 12.9 Å². The zero-order chi connectivity index (χ0) is 13.4. The van der Waals surface area contributed by atoms with Gasteiger partial charge in [0.15, 0.2) is 6.29 Å². The summed E-state index contributed by atoms with van der Waals surface area (Å²) in [7, 11) is 3.20. The molecule has 0 heterocycles. The Morgan fingerprint density at radius 2 is 1.94 bits per heavy atom. The quantitative estimate of drug-likeness (QED) is 0.500. The van der Waals surface area contributed by atoms with E-state index in [0.29, 0.717) is 0 Å². The molecule has 0 atom stereocenters. The fourth-order valence-corrected chi connectivity index (χ4v) is 1.86. The molecule has 18 heavy (non-hydrogen) atoms. The molecule has 0 aliphatic rings. The summed E-state index contributed by atoms with van der Waals surface area (Å²) in [6.07, 6.45) is 1.32. The van der Waals surface area contributed by atoms with Crippen molar-refractivity contribution in [2.24, 2.45) is 0 Å². The van der Waals surface area contributed by atoms with Gasteiger partial charge in [-0.1, -0.05) is 30.2 Å². The number of hydrogen-bond acceptors (Lipinski definition) is 3. The summed E-state index contributed by atoms with van der Waals surface area (Å²) >= 11 is 1.97. The Kier molecular flexibility index (Phi) is 6.98. The minimum Gasteiger partial charge on any atom is -0.392 e. The second kappa shape index (κ2) is 8.27. The average Bonchev–Trinajstić information content (AvgIpc) is 2.41. The van der Waals surface area contributed by atoms with Crippen molar-refractivity contribution >= 4 is 28.2 Å². The van der Waals surface area contributed by atoms with Crippen LogP contribution in [0.4, 0.5) is 0 Å². The van der Waals surface area contributed by atoms with Gasteiger partial charge in [-0.3, -0.25) is 0 Å². The van der Waals surface area contributed by atoms with Crippen LogP contribution in [0.15, 0.2) is 30.3 Å². The number of ether oxygens (including phenoxy) is 2. The zero-order valence-electron chi connectivity index (χ0n) is 10.3. The van der Waals surface area contributed by atoms with Crippen molar-refractivity contribution in [2.75, 3.05) is 20.8 Å². The van der Waals surface area contributed by atoms with Crippen LogP contribution < -0.4 is 0 Å². The van der Waals surface area contributed by atoms with Crippen molar-refractivity contribution in [3.8, 4) is 9.85 Å². The van der Waals surface area contributed by atoms with Crippen molar-refractivity contribution in [3.05, 3.63) is 41.5 Å². The van der Waals surface area contributed by atoms with Crippen molar-refractivity contribution in [2.45, 2.75) is 6.29 Å². The number of methoxy groups -OCH3 is 2. The zero-order valence-corrected chi connectivity index (χ0v) is 12.5. The molecule has 0 fully saturated rings. The fourth-order valence-electron chi connectivity index (χ4n) is 1.57. The molecule has 96 valence electrons. The summed E-state index contributed by atoms with van der Waals surface area (Å²) in [5.41, 5.74) is 2.71. The van der Waals surface area contributed by atoms with Crippen LogP contribution in [0.3, 0.4) is 0 Å². The molecule has 0 spiro atoms. The number of allylic oxidation sites excluding steroid dienone is 1. The average molecular weight is 358 g/mol. The fraction of sp³-hybridized carbons (Fsp3) is 0.286. The van der Waals surface area contributed by atoms with Gasteiger partial charge in [0.1, 0.15) is 0 Å². The van der Waals surface area contributed by atoms with Crippen LogP contribution in [0.1, 0.15) is 17.4 Å². The van der Waals surface area contributed by atoms with E-state index in [1.165, 1.54) is 0 Å². The standard InChI is InChI=1S/C14H15IO3/c1-17-14(18-2)13-5-3-11(4-6-13)12(7-9-15)8-10-16/h3-6,8,14,16H,10H2,1-2H3/b12-8-. The molecule has 0 aromatic heterocycles. The van der Waals surface area contributed by atoms with E-state index in [0.717, 1.165) is 16.7 Å². The van der Waals surface area contributed by atoms with Crippen molar-refractivity contribution in [3.63, 3.8) is 0 Å². The lowest BCUT2D eigenvalue weighted by Gasteiger charge is -2.13. The SMILES string of the molecule is COC(OC)c1ccc(/C(C#CI)=C\CO)cc1. The highest BCUT2D eigenvalue weighted by atomic mass is 127. The van der Waals surface area contributed by atoms with Crippen molar-refractivity contribution in [1.82, 2.24) is 0 Å². The largest absolute Gasteiger partial charge is 0.392 e. The summed E-state index contributed by atoms with van der Waals surface area (Å²) < 4.78 is 13.2. The van der Waals surface area contributed by atoms with E-state index >= 15 is 0 Å². The summed E-state index contributed by atoms with van der Waals surface area (Å²) in [5, 5.41) is 8.96. The third kappa shape index (κ3) is 4.10. The summed E-state index contributed by atoms with van der Waals surface area (Å²) in [6.45, 7) is -0.0266. The molecule has 0 unspecified atom stereocenters. The highest BCUT2D eigenvalue weighted by molar-refractivity contribution is 14.1. The van der Waals surface area contributed by atoms with E-state index < -0.39 is 0 Å². The maximum atomic E-state index is 8.96. The predicted molar refractivity (Wildman–Crippen MR) is 80.1 cm³/mol. The molecule has 1 rings (SSSR count). The van der Waals surface area contributed by atoms with Gasteiger partial charge in [-0.25, -0.2) is 0 Å². The van der Waals surface area contributed by atoms with Gasteiger partial charge >= 0.3 is 0 Å². The van der Waals surface area contributed by atoms with E-state index in [9.17, 15) is 0 Å². The molecule has 3 nitrogen and oxygen atoms in total. The smallest absolute Gasteiger partial charge is 0.183 e. The molecule has 1 aromatic carbocycles. The van der Waals surface area contributed by atoms with E-state index in [2.05, 4.69) is 9.85 Å². The first kappa shape index (κ1) is 15.2. The molecule has 0 bridgehead atoms. The summed E-state index contributed by atoms with van der Waals surface area (Å²) in [4.78, 5) is 0. The first-order valence-corrected chi connectivity index (χ1v) is 6.43. The number of aliphatic hydroxyl groups excluding tert-OH is 1. The second-order valence-corrected chi connectivity index (χ2v) is 3.98. The van der Waals surface area contributed by atoms with Gasteiger partial charge in [-0.05, 0) is 15.6 Å². The van der Waals surface area contributed by atoms with Crippen molar-refractivity contribution in [1.29, 1.82) is 0 Å². The highest BCUT2D eigenvalue weighted by Crippen LogP contribution is 2.20. The Hall–Kier alpha value is -0.870. The monoisotopic (exact) mass is 358 g/mol. The Balaban J connectivity index is 2.99. The molecule has 0 radical (unpaired) electrons. The minimum absolute atomic E-state index is 0.0266. The van der Waals surface area contributed by atoms with Gasteiger partial charge in [-0.15, -0.1) is 0 Å². The molecule has 0 saturated heterocycles.